The number of amides is 2. The van der Waals surface area contributed by atoms with Crippen LogP contribution in [0.4, 0.5) is 0 Å². The number of carbonyl (C=O) groups is 2. The number of carbonyl (C=O) groups excluding carboxylic acids is 2. The highest BCUT2D eigenvalue weighted by Crippen LogP contribution is 2.27. The summed E-state index contributed by atoms with van der Waals surface area (Å²) in [4.78, 5) is 26.5. The SMILES string of the molecule is NC(=O)c1cccc(CNC(=O)[C@@H](c2cccc(Br)c2)N2CCCC2)c1. The maximum atomic E-state index is 13.0. The van der Waals surface area contributed by atoms with Crippen LogP contribution in [0.5, 0.6) is 0 Å². The Morgan fingerprint density at radius 2 is 1.85 bits per heavy atom. The summed E-state index contributed by atoms with van der Waals surface area (Å²) in [6.45, 7) is 2.20. The number of benzene rings is 2. The molecule has 1 fully saturated rings. The van der Waals surface area contributed by atoms with Crippen molar-refractivity contribution in [1.29, 1.82) is 0 Å². The van der Waals surface area contributed by atoms with Crippen molar-refractivity contribution in [3.8, 4) is 0 Å². The van der Waals surface area contributed by atoms with Gasteiger partial charge in [-0.3, -0.25) is 14.5 Å². The first-order valence-electron chi connectivity index (χ1n) is 8.70. The van der Waals surface area contributed by atoms with Gasteiger partial charge in [-0.25, -0.2) is 0 Å². The molecule has 0 aliphatic carbocycles. The molecule has 0 aromatic heterocycles. The minimum atomic E-state index is -0.470. The van der Waals surface area contributed by atoms with Gasteiger partial charge in [0.2, 0.25) is 11.8 Å². The number of likely N-dealkylation sites (tertiary alicyclic amines) is 1. The Labute approximate surface area is 161 Å². The number of halogens is 1. The average Bonchev–Trinajstić information content (AvgIpc) is 3.14. The molecule has 136 valence electrons. The largest absolute Gasteiger partial charge is 0.366 e. The van der Waals surface area contributed by atoms with Crippen LogP contribution in [0.2, 0.25) is 0 Å². The fourth-order valence-corrected chi connectivity index (χ4v) is 3.74. The lowest BCUT2D eigenvalue weighted by Crippen LogP contribution is -2.39. The lowest BCUT2D eigenvalue weighted by atomic mass is 10.0. The van der Waals surface area contributed by atoms with Crippen LogP contribution in [0.3, 0.4) is 0 Å². The predicted molar refractivity (Wildman–Crippen MR) is 104 cm³/mol. The van der Waals surface area contributed by atoms with E-state index in [-0.39, 0.29) is 11.9 Å². The van der Waals surface area contributed by atoms with Gasteiger partial charge >= 0.3 is 0 Å². The molecule has 3 rings (SSSR count). The molecule has 0 radical (unpaired) electrons. The van der Waals surface area contributed by atoms with E-state index in [9.17, 15) is 9.59 Å². The molecule has 2 amide bonds. The summed E-state index contributed by atoms with van der Waals surface area (Å²) in [5.74, 6) is -0.503. The lowest BCUT2D eigenvalue weighted by molar-refractivity contribution is -0.126. The predicted octanol–water partition coefficient (Wildman–Crippen LogP) is 3.00. The highest BCUT2D eigenvalue weighted by molar-refractivity contribution is 9.10. The molecule has 2 aromatic rings. The number of nitrogens with two attached hydrogens (primary N) is 1. The van der Waals surface area contributed by atoms with Gasteiger partial charge in [0.25, 0.3) is 0 Å². The summed E-state index contributed by atoms with van der Waals surface area (Å²) >= 11 is 3.49. The molecule has 1 atom stereocenters. The van der Waals surface area contributed by atoms with Crippen LogP contribution in [0, 0.1) is 0 Å². The Morgan fingerprint density at radius 1 is 1.12 bits per heavy atom. The maximum Gasteiger partial charge on any atom is 0.248 e. The summed E-state index contributed by atoms with van der Waals surface area (Å²) < 4.78 is 0.959. The molecule has 0 spiro atoms. The smallest absolute Gasteiger partial charge is 0.248 e. The average molecular weight is 416 g/mol. The van der Waals surface area contributed by atoms with Crippen molar-refractivity contribution in [2.24, 2.45) is 5.73 Å². The van der Waals surface area contributed by atoms with Gasteiger partial charge in [0, 0.05) is 16.6 Å². The Bertz CT molecular complexity index is 803. The van der Waals surface area contributed by atoms with E-state index in [4.69, 9.17) is 5.73 Å². The third kappa shape index (κ3) is 4.51. The Morgan fingerprint density at radius 3 is 2.54 bits per heavy atom. The van der Waals surface area contributed by atoms with Gasteiger partial charge in [0.05, 0.1) is 0 Å². The van der Waals surface area contributed by atoms with Crippen LogP contribution in [-0.2, 0) is 11.3 Å². The summed E-state index contributed by atoms with van der Waals surface area (Å²) in [5.41, 5.74) is 7.59. The van der Waals surface area contributed by atoms with Crippen molar-refractivity contribution in [2.75, 3.05) is 13.1 Å². The second-order valence-electron chi connectivity index (χ2n) is 6.48. The molecular weight excluding hydrogens is 394 g/mol. The molecular formula is C20H22BrN3O2. The van der Waals surface area contributed by atoms with Gasteiger partial charge in [-0.2, -0.15) is 0 Å². The fraction of sp³-hybridized carbons (Fsp3) is 0.300. The van der Waals surface area contributed by atoms with Crippen molar-refractivity contribution in [2.45, 2.75) is 25.4 Å². The first-order chi connectivity index (χ1) is 12.5. The first kappa shape index (κ1) is 18.6. The number of nitrogens with zero attached hydrogens (tertiary/aromatic N) is 1. The van der Waals surface area contributed by atoms with Crippen molar-refractivity contribution in [1.82, 2.24) is 10.2 Å². The van der Waals surface area contributed by atoms with E-state index in [1.165, 1.54) is 0 Å². The molecule has 1 saturated heterocycles. The maximum absolute atomic E-state index is 13.0. The zero-order valence-corrected chi connectivity index (χ0v) is 16.0. The van der Waals surface area contributed by atoms with Gasteiger partial charge in [-0.15, -0.1) is 0 Å². The van der Waals surface area contributed by atoms with Crippen LogP contribution >= 0.6 is 15.9 Å². The molecule has 0 bridgehead atoms. The van der Waals surface area contributed by atoms with Crippen molar-refractivity contribution < 1.29 is 9.59 Å². The molecule has 1 heterocycles. The second-order valence-corrected chi connectivity index (χ2v) is 7.40. The Hall–Kier alpha value is -2.18. The molecule has 2 aromatic carbocycles. The number of hydrogen-bond acceptors (Lipinski definition) is 3. The zero-order chi connectivity index (χ0) is 18.5. The number of rotatable bonds is 6. The molecule has 0 saturated carbocycles. The zero-order valence-electron chi connectivity index (χ0n) is 14.5. The standard InChI is InChI=1S/C20H22BrN3O2/c21-17-8-4-6-15(12-17)18(24-9-1-2-10-24)20(26)23-13-14-5-3-7-16(11-14)19(22)25/h3-8,11-12,18H,1-2,9-10,13H2,(H2,22,25)(H,23,26)/t18-/m1/s1. The van der Waals surface area contributed by atoms with E-state index < -0.39 is 5.91 Å². The second kappa shape index (κ2) is 8.47. The molecule has 6 heteroatoms. The van der Waals surface area contributed by atoms with E-state index in [1.54, 1.807) is 18.2 Å². The van der Waals surface area contributed by atoms with Crippen LogP contribution in [0.25, 0.3) is 0 Å². The van der Waals surface area contributed by atoms with Gasteiger partial charge < -0.3 is 11.1 Å². The van der Waals surface area contributed by atoms with Crippen molar-refractivity contribution >= 4 is 27.7 Å². The van der Waals surface area contributed by atoms with E-state index >= 15 is 0 Å². The van der Waals surface area contributed by atoms with Crippen molar-refractivity contribution in [3.05, 3.63) is 69.7 Å². The normalized spacial score (nSPS) is 15.6. The highest BCUT2D eigenvalue weighted by atomic mass is 79.9. The summed E-state index contributed by atoms with van der Waals surface area (Å²) in [7, 11) is 0. The minimum Gasteiger partial charge on any atom is -0.366 e. The first-order valence-corrected chi connectivity index (χ1v) is 9.50. The Kier molecular flexibility index (Phi) is 6.06. The molecule has 1 aliphatic heterocycles. The van der Waals surface area contributed by atoms with Gasteiger partial charge in [0.1, 0.15) is 6.04 Å². The molecule has 1 aliphatic rings. The van der Waals surface area contributed by atoms with Crippen LogP contribution < -0.4 is 11.1 Å². The van der Waals surface area contributed by atoms with Gasteiger partial charge in [0.15, 0.2) is 0 Å². The molecule has 26 heavy (non-hydrogen) atoms. The highest BCUT2D eigenvalue weighted by Gasteiger charge is 2.29. The van der Waals surface area contributed by atoms with E-state index in [0.29, 0.717) is 12.1 Å². The number of nitrogens with one attached hydrogen (secondary N) is 1. The van der Waals surface area contributed by atoms with E-state index in [1.807, 2.05) is 30.3 Å². The van der Waals surface area contributed by atoms with Gasteiger partial charge in [-0.05, 0) is 61.3 Å². The topological polar surface area (TPSA) is 75.4 Å². The Balaban J connectivity index is 1.75. The molecule has 5 nitrogen and oxygen atoms in total. The summed E-state index contributed by atoms with van der Waals surface area (Å²) in [5, 5.41) is 3.01. The molecule has 3 N–H and O–H groups in total. The minimum absolute atomic E-state index is 0.0329. The van der Waals surface area contributed by atoms with Crippen LogP contribution in [0.15, 0.2) is 53.0 Å². The van der Waals surface area contributed by atoms with Crippen LogP contribution in [-0.4, -0.2) is 29.8 Å². The lowest BCUT2D eigenvalue weighted by Gasteiger charge is -2.27. The van der Waals surface area contributed by atoms with E-state index in [0.717, 1.165) is 41.5 Å². The fourth-order valence-electron chi connectivity index (χ4n) is 3.32. The van der Waals surface area contributed by atoms with Crippen LogP contribution in [0.1, 0.15) is 40.4 Å². The summed E-state index contributed by atoms with van der Waals surface area (Å²) in [6, 6.07) is 14.6. The molecule has 0 unspecified atom stereocenters. The quantitative estimate of drug-likeness (QED) is 0.760. The third-order valence-corrected chi connectivity index (χ3v) is 5.09. The van der Waals surface area contributed by atoms with Gasteiger partial charge in [-0.1, -0.05) is 40.2 Å². The summed E-state index contributed by atoms with van der Waals surface area (Å²) in [6.07, 6.45) is 2.22. The van der Waals surface area contributed by atoms with Crippen molar-refractivity contribution in [3.63, 3.8) is 0 Å². The number of hydrogen-bond donors (Lipinski definition) is 2. The third-order valence-electron chi connectivity index (χ3n) is 4.60. The van der Waals surface area contributed by atoms with E-state index in [2.05, 4.69) is 26.1 Å². The number of primary amides is 1. The monoisotopic (exact) mass is 415 g/mol.